The molecule has 4 nitrogen and oxygen atoms in total. The molecular formula is C15H20ClNO3S. The van der Waals surface area contributed by atoms with E-state index in [0.717, 1.165) is 29.2 Å². The van der Waals surface area contributed by atoms with Crippen LogP contribution in [0.2, 0.25) is 5.02 Å². The molecule has 0 fully saturated rings. The summed E-state index contributed by atoms with van der Waals surface area (Å²) < 4.78 is 11.0. The van der Waals surface area contributed by atoms with Crippen LogP contribution in [-0.2, 0) is 4.79 Å². The first-order valence-electron chi connectivity index (χ1n) is 7.00. The third-order valence-electron chi connectivity index (χ3n) is 3.14. The smallest absolute Gasteiger partial charge is 0.222 e. The molecule has 2 rings (SSSR count). The van der Waals surface area contributed by atoms with Crippen LogP contribution in [0.5, 0.6) is 11.5 Å². The molecule has 0 radical (unpaired) electrons. The van der Waals surface area contributed by atoms with E-state index in [9.17, 15) is 4.79 Å². The fourth-order valence-electron chi connectivity index (χ4n) is 1.94. The number of hydrogen-bond donors (Lipinski definition) is 0. The third kappa shape index (κ3) is 4.71. The highest BCUT2D eigenvalue weighted by atomic mass is 35.5. The van der Waals surface area contributed by atoms with E-state index >= 15 is 0 Å². The Labute approximate surface area is 134 Å². The quantitative estimate of drug-likeness (QED) is 0.592. The average molecular weight is 330 g/mol. The predicted molar refractivity (Wildman–Crippen MR) is 85.7 cm³/mol. The van der Waals surface area contributed by atoms with Crippen LogP contribution < -0.4 is 9.47 Å². The van der Waals surface area contributed by atoms with Gasteiger partial charge >= 0.3 is 0 Å². The van der Waals surface area contributed by atoms with Crippen LogP contribution >= 0.6 is 23.4 Å². The van der Waals surface area contributed by atoms with Crippen molar-refractivity contribution in [1.82, 2.24) is 4.90 Å². The van der Waals surface area contributed by atoms with Crippen LogP contribution in [0.1, 0.15) is 19.3 Å². The van der Waals surface area contributed by atoms with Crippen LogP contribution in [0.4, 0.5) is 0 Å². The Morgan fingerprint density at radius 1 is 1.24 bits per heavy atom. The van der Waals surface area contributed by atoms with Gasteiger partial charge in [-0.25, -0.2) is 0 Å². The lowest BCUT2D eigenvalue weighted by atomic mass is 10.2. The Morgan fingerprint density at radius 3 is 2.57 bits per heavy atom. The van der Waals surface area contributed by atoms with Crippen molar-refractivity contribution in [2.24, 2.45) is 0 Å². The highest BCUT2D eigenvalue weighted by Crippen LogP contribution is 2.39. The average Bonchev–Trinajstić information content (AvgIpc) is 2.46. The van der Waals surface area contributed by atoms with Gasteiger partial charge in [-0.05, 0) is 24.7 Å². The number of carbonyl (C=O) groups is 1. The van der Waals surface area contributed by atoms with Gasteiger partial charge in [0.25, 0.3) is 0 Å². The minimum Gasteiger partial charge on any atom is -0.486 e. The molecule has 1 amide bonds. The fourth-order valence-corrected chi connectivity index (χ4v) is 3.21. The fraction of sp³-hybridized carbons (Fsp3) is 0.533. The van der Waals surface area contributed by atoms with Gasteiger partial charge in [0.2, 0.25) is 5.91 Å². The molecule has 0 spiro atoms. The number of fused-ring (bicyclic) bond motifs is 1. The molecule has 0 bridgehead atoms. The van der Waals surface area contributed by atoms with Gasteiger partial charge in [-0.15, -0.1) is 11.8 Å². The Morgan fingerprint density at radius 2 is 1.90 bits per heavy atom. The standard InChI is InChI=1S/C15H20ClNO3S/c1-17(2)15(18)5-3-4-8-21-14-10-13-12(9-11(14)16)19-6-7-20-13/h9-10H,3-8H2,1-2H3. The maximum Gasteiger partial charge on any atom is 0.222 e. The summed E-state index contributed by atoms with van der Waals surface area (Å²) in [6, 6.07) is 3.75. The van der Waals surface area contributed by atoms with Crippen molar-refractivity contribution in [3.8, 4) is 11.5 Å². The highest BCUT2D eigenvalue weighted by molar-refractivity contribution is 7.99. The van der Waals surface area contributed by atoms with Crippen molar-refractivity contribution < 1.29 is 14.3 Å². The van der Waals surface area contributed by atoms with Gasteiger partial charge in [0.15, 0.2) is 11.5 Å². The maximum absolute atomic E-state index is 11.5. The van der Waals surface area contributed by atoms with Crippen molar-refractivity contribution in [2.45, 2.75) is 24.2 Å². The molecule has 1 aliphatic rings. The first-order valence-corrected chi connectivity index (χ1v) is 8.36. The largest absolute Gasteiger partial charge is 0.486 e. The van der Waals surface area contributed by atoms with Gasteiger partial charge < -0.3 is 14.4 Å². The summed E-state index contributed by atoms with van der Waals surface area (Å²) >= 11 is 7.94. The summed E-state index contributed by atoms with van der Waals surface area (Å²) in [6.07, 6.45) is 2.48. The van der Waals surface area contributed by atoms with Gasteiger partial charge in [0, 0.05) is 31.5 Å². The van der Waals surface area contributed by atoms with Crippen molar-refractivity contribution in [2.75, 3.05) is 33.1 Å². The van der Waals surface area contributed by atoms with Gasteiger partial charge in [-0.1, -0.05) is 11.6 Å². The lowest BCUT2D eigenvalue weighted by molar-refractivity contribution is -0.128. The van der Waals surface area contributed by atoms with Crippen molar-refractivity contribution >= 4 is 29.3 Å². The van der Waals surface area contributed by atoms with Crippen LogP contribution in [0.15, 0.2) is 17.0 Å². The van der Waals surface area contributed by atoms with E-state index in [4.69, 9.17) is 21.1 Å². The minimum absolute atomic E-state index is 0.178. The predicted octanol–water partition coefficient (Wildman–Crippen LogP) is 3.46. The van der Waals surface area contributed by atoms with Crippen molar-refractivity contribution in [3.05, 3.63) is 17.2 Å². The van der Waals surface area contributed by atoms with Crippen LogP contribution in [0.25, 0.3) is 0 Å². The molecule has 0 unspecified atom stereocenters. The number of halogens is 1. The Bertz CT molecular complexity index is 508. The zero-order chi connectivity index (χ0) is 15.2. The molecular weight excluding hydrogens is 310 g/mol. The van der Waals surface area contributed by atoms with Gasteiger partial charge in [-0.3, -0.25) is 4.79 Å². The molecule has 0 saturated heterocycles. The number of rotatable bonds is 6. The van der Waals surface area contributed by atoms with E-state index in [1.165, 1.54) is 0 Å². The molecule has 0 aromatic heterocycles. The molecule has 0 atom stereocenters. The van der Waals surface area contributed by atoms with E-state index in [-0.39, 0.29) is 5.91 Å². The second-order valence-electron chi connectivity index (χ2n) is 5.02. The summed E-state index contributed by atoms with van der Waals surface area (Å²) in [4.78, 5) is 14.1. The SMILES string of the molecule is CN(C)C(=O)CCCCSc1cc2c(cc1Cl)OCCO2. The van der Waals surface area contributed by atoms with E-state index < -0.39 is 0 Å². The highest BCUT2D eigenvalue weighted by Gasteiger charge is 2.15. The van der Waals surface area contributed by atoms with E-state index in [1.54, 1.807) is 30.8 Å². The Hall–Kier alpha value is -1.07. The summed E-state index contributed by atoms with van der Waals surface area (Å²) in [6.45, 7) is 1.14. The molecule has 1 aromatic carbocycles. The summed E-state index contributed by atoms with van der Waals surface area (Å²) in [7, 11) is 3.57. The summed E-state index contributed by atoms with van der Waals surface area (Å²) in [5, 5.41) is 0.689. The van der Waals surface area contributed by atoms with Gasteiger partial charge in [0.1, 0.15) is 13.2 Å². The van der Waals surface area contributed by atoms with Crippen LogP contribution in [-0.4, -0.2) is 43.9 Å². The third-order valence-corrected chi connectivity index (χ3v) is 4.70. The minimum atomic E-state index is 0.178. The Balaban J connectivity index is 1.79. The Kier molecular flexibility index (Phi) is 6.06. The van der Waals surface area contributed by atoms with Crippen LogP contribution in [0, 0.1) is 0 Å². The number of carbonyl (C=O) groups excluding carboxylic acids is 1. The summed E-state index contributed by atoms with van der Waals surface area (Å²) in [5.41, 5.74) is 0. The second kappa shape index (κ2) is 7.80. The number of amides is 1. The lowest BCUT2D eigenvalue weighted by Gasteiger charge is -2.19. The lowest BCUT2D eigenvalue weighted by Crippen LogP contribution is -2.21. The first-order chi connectivity index (χ1) is 10.1. The van der Waals surface area contributed by atoms with Gasteiger partial charge in [0.05, 0.1) is 5.02 Å². The number of nitrogens with zero attached hydrogens (tertiary/aromatic N) is 1. The normalized spacial score (nSPS) is 13.1. The molecule has 0 N–H and O–H groups in total. The molecule has 0 saturated carbocycles. The van der Waals surface area contributed by atoms with E-state index in [1.807, 2.05) is 12.1 Å². The number of ether oxygens (including phenoxy) is 2. The maximum atomic E-state index is 11.5. The van der Waals surface area contributed by atoms with Crippen molar-refractivity contribution in [3.63, 3.8) is 0 Å². The topological polar surface area (TPSA) is 38.8 Å². The number of unbranched alkanes of at least 4 members (excludes halogenated alkanes) is 1. The first kappa shape index (κ1) is 16.3. The second-order valence-corrected chi connectivity index (χ2v) is 6.56. The molecule has 0 aliphatic carbocycles. The van der Waals surface area contributed by atoms with E-state index in [0.29, 0.717) is 30.4 Å². The number of thioether (sulfide) groups is 1. The molecule has 1 heterocycles. The molecule has 1 aliphatic heterocycles. The number of hydrogen-bond acceptors (Lipinski definition) is 4. The zero-order valence-corrected chi connectivity index (χ0v) is 13.9. The molecule has 6 heteroatoms. The number of benzene rings is 1. The summed E-state index contributed by atoms with van der Waals surface area (Å²) in [5.74, 6) is 2.58. The molecule has 1 aromatic rings. The monoisotopic (exact) mass is 329 g/mol. The van der Waals surface area contributed by atoms with Crippen LogP contribution in [0.3, 0.4) is 0 Å². The van der Waals surface area contributed by atoms with E-state index in [2.05, 4.69) is 0 Å². The zero-order valence-electron chi connectivity index (χ0n) is 12.4. The van der Waals surface area contributed by atoms with Gasteiger partial charge in [-0.2, -0.15) is 0 Å². The molecule has 116 valence electrons. The van der Waals surface area contributed by atoms with Crippen molar-refractivity contribution in [1.29, 1.82) is 0 Å². The molecule has 21 heavy (non-hydrogen) atoms.